The first-order valence-electron chi connectivity index (χ1n) is 6.54. The van der Waals surface area contributed by atoms with Crippen LogP contribution in [0.2, 0.25) is 0 Å². The van der Waals surface area contributed by atoms with Crippen LogP contribution >= 0.6 is 0 Å². The van der Waals surface area contributed by atoms with Crippen molar-refractivity contribution in [2.75, 3.05) is 26.1 Å². The molecular formula is C14H20O6S. The number of carbonyl (C=O) groups is 1. The number of benzene rings is 1. The Morgan fingerprint density at radius 3 is 2.62 bits per heavy atom. The minimum Gasteiger partial charge on any atom is -0.482 e. The van der Waals surface area contributed by atoms with Gasteiger partial charge >= 0.3 is 5.97 Å². The van der Waals surface area contributed by atoms with Gasteiger partial charge in [0, 0.05) is 0 Å². The summed E-state index contributed by atoms with van der Waals surface area (Å²) < 4.78 is 36.6. The summed E-state index contributed by atoms with van der Waals surface area (Å²) >= 11 is 0. The Labute approximate surface area is 125 Å². The van der Waals surface area contributed by atoms with Crippen molar-refractivity contribution in [1.29, 1.82) is 0 Å². The maximum atomic E-state index is 11.3. The lowest BCUT2D eigenvalue weighted by Crippen LogP contribution is -2.15. The molecule has 0 aliphatic heterocycles. The second-order valence-corrected chi connectivity index (χ2v) is 6.11. The highest BCUT2D eigenvalue weighted by atomic mass is 32.2. The molecule has 0 heterocycles. The molecule has 7 heteroatoms. The molecule has 0 fully saturated rings. The standard InChI is InChI=1S/C14H20O6S/c1-4-18-14(15)10-19-13-9-12(6-5-11(13)2)7-8-20-21(3,16)17/h5-6,9H,4,7-8,10H2,1-3H3. The Morgan fingerprint density at radius 2 is 2.00 bits per heavy atom. The quantitative estimate of drug-likeness (QED) is 0.533. The molecule has 1 aromatic carbocycles. The van der Waals surface area contributed by atoms with Crippen LogP contribution in [0.4, 0.5) is 0 Å². The molecule has 0 unspecified atom stereocenters. The van der Waals surface area contributed by atoms with Crippen molar-refractivity contribution in [2.24, 2.45) is 0 Å². The van der Waals surface area contributed by atoms with Crippen LogP contribution in [0.15, 0.2) is 18.2 Å². The summed E-state index contributed by atoms with van der Waals surface area (Å²) in [6, 6.07) is 5.47. The molecule has 1 aromatic rings. The summed E-state index contributed by atoms with van der Waals surface area (Å²) in [6.07, 6.45) is 1.44. The van der Waals surface area contributed by atoms with Gasteiger partial charge in [-0.25, -0.2) is 4.79 Å². The Kier molecular flexibility index (Phi) is 6.64. The van der Waals surface area contributed by atoms with Crippen molar-refractivity contribution in [3.8, 4) is 5.75 Å². The van der Waals surface area contributed by atoms with Gasteiger partial charge in [0.25, 0.3) is 10.1 Å². The van der Waals surface area contributed by atoms with Crippen LogP contribution in [-0.4, -0.2) is 40.5 Å². The van der Waals surface area contributed by atoms with Crippen LogP contribution < -0.4 is 4.74 Å². The zero-order valence-electron chi connectivity index (χ0n) is 12.4. The number of ether oxygens (including phenoxy) is 2. The number of carbonyl (C=O) groups excluding carboxylic acids is 1. The normalized spacial score (nSPS) is 11.2. The van der Waals surface area contributed by atoms with Crippen molar-refractivity contribution < 1.29 is 26.9 Å². The van der Waals surface area contributed by atoms with Crippen molar-refractivity contribution in [3.63, 3.8) is 0 Å². The lowest BCUT2D eigenvalue weighted by molar-refractivity contribution is -0.145. The van der Waals surface area contributed by atoms with Gasteiger partial charge in [0.05, 0.1) is 19.5 Å². The summed E-state index contributed by atoms with van der Waals surface area (Å²) in [6.45, 7) is 3.81. The molecule has 0 saturated heterocycles. The average molecular weight is 316 g/mol. The Bertz CT molecular complexity index is 579. The third-order valence-corrected chi connectivity index (χ3v) is 3.19. The van der Waals surface area contributed by atoms with E-state index >= 15 is 0 Å². The van der Waals surface area contributed by atoms with E-state index in [9.17, 15) is 13.2 Å². The van der Waals surface area contributed by atoms with E-state index in [2.05, 4.69) is 0 Å². The molecule has 0 amide bonds. The van der Waals surface area contributed by atoms with Gasteiger partial charge in [-0.15, -0.1) is 0 Å². The van der Waals surface area contributed by atoms with Crippen molar-refractivity contribution in [2.45, 2.75) is 20.3 Å². The van der Waals surface area contributed by atoms with Gasteiger partial charge in [-0.2, -0.15) is 8.42 Å². The van der Waals surface area contributed by atoms with Gasteiger partial charge in [-0.1, -0.05) is 12.1 Å². The Hall–Kier alpha value is -1.60. The molecule has 0 bridgehead atoms. The summed E-state index contributed by atoms with van der Waals surface area (Å²) in [7, 11) is -3.43. The van der Waals surface area contributed by atoms with Gasteiger partial charge in [0.1, 0.15) is 5.75 Å². The Morgan fingerprint density at radius 1 is 1.29 bits per heavy atom. The zero-order chi connectivity index (χ0) is 15.9. The first-order valence-corrected chi connectivity index (χ1v) is 8.36. The highest BCUT2D eigenvalue weighted by Crippen LogP contribution is 2.20. The Balaban J connectivity index is 2.60. The minimum absolute atomic E-state index is 0.0687. The van der Waals surface area contributed by atoms with E-state index in [1.165, 1.54) is 0 Å². The maximum absolute atomic E-state index is 11.3. The molecule has 0 radical (unpaired) electrons. The van der Waals surface area contributed by atoms with Crippen molar-refractivity contribution in [3.05, 3.63) is 29.3 Å². The largest absolute Gasteiger partial charge is 0.482 e. The second kappa shape index (κ2) is 7.99. The lowest BCUT2D eigenvalue weighted by Gasteiger charge is -2.10. The highest BCUT2D eigenvalue weighted by molar-refractivity contribution is 7.85. The van der Waals surface area contributed by atoms with Gasteiger partial charge in [-0.3, -0.25) is 4.18 Å². The highest BCUT2D eigenvalue weighted by Gasteiger charge is 2.07. The van der Waals surface area contributed by atoms with Crippen molar-refractivity contribution in [1.82, 2.24) is 0 Å². The number of esters is 1. The summed E-state index contributed by atoms with van der Waals surface area (Å²) in [5.74, 6) is 0.141. The fourth-order valence-corrected chi connectivity index (χ4v) is 1.99. The van der Waals surface area contributed by atoms with Crippen LogP contribution in [0.5, 0.6) is 5.75 Å². The fourth-order valence-electron chi connectivity index (χ4n) is 1.61. The third-order valence-electron chi connectivity index (χ3n) is 2.59. The molecular weight excluding hydrogens is 296 g/mol. The lowest BCUT2D eigenvalue weighted by atomic mass is 10.1. The number of hydrogen-bond donors (Lipinski definition) is 0. The molecule has 1 rings (SSSR count). The monoisotopic (exact) mass is 316 g/mol. The van der Waals surface area contributed by atoms with Gasteiger partial charge in [0.15, 0.2) is 6.61 Å². The number of hydrogen-bond acceptors (Lipinski definition) is 6. The zero-order valence-corrected chi connectivity index (χ0v) is 13.2. The van der Waals surface area contributed by atoms with Crippen LogP contribution in [0, 0.1) is 6.92 Å². The van der Waals surface area contributed by atoms with Crippen LogP contribution in [0.25, 0.3) is 0 Å². The van der Waals surface area contributed by atoms with Gasteiger partial charge < -0.3 is 9.47 Å². The van der Waals surface area contributed by atoms with E-state index in [0.29, 0.717) is 18.8 Å². The number of aryl methyl sites for hydroxylation is 1. The van der Waals surface area contributed by atoms with E-state index in [1.807, 2.05) is 19.1 Å². The molecule has 21 heavy (non-hydrogen) atoms. The minimum atomic E-state index is -3.43. The molecule has 118 valence electrons. The molecule has 0 N–H and O–H groups in total. The molecule has 0 atom stereocenters. The fraction of sp³-hybridized carbons (Fsp3) is 0.500. The number of rotatable bonds is 8. The average Bonchev–Trinajstić information content (AvgIpc) is 2.38. The summed E-state index contributed by atoms with van der Waals surface area (Å²) in [5, 5.41) is 0. The molecule has 0 spiro atoms. The SMILES string of the molecule is CCOC(=O)COc1cc(CCOS(C)(=O)=O)ccc1C. The first kappa shape index (κ1) is 17.5. The molecule has 6 nitrogen and oxygen atoms in total. The van der Waals surface area contributed by atoms with E-state index in [1.54, 1.807) is 13.0 Å². The van der Waals surface area contributed by atoms with Crippen molar-refractivity contribution >= 4 is 16.1 Å². The van der Waals surface area contributed by atoms with Gasteiger partial charge in [-0.05, 0) is 37.5 Å². The van der Waals surface area contributed by atoms with E-state index < -0.39 is 16.1 Å². The molecule has 0 saturated carbocycles. The van der Waals surface area contributed by atoms with E-state index in [0.717, 1.165) is 17.4 Å². The van der Waals surface area contributed by atoms with Crippen LogP contribution in [0.1, 0.15) is 18.1 Å². The van der Waals surface area contributed by atoms with Crippen LogP contribution in [0.3, 0.4) is 0 Å². The topological polar surface area (TPSA) is 78.9 Å². The van der Waals surface area contributed by atoms with E-state index in [-0.39, 0.29) is 13.2 Å². The van der Waals surface area contributed by atoms with E-state index in [4.69, 9.17) is 13.7 Å². The maximum Gasteiger partial charge on any atom is 0.344 e. The molecule has 0 aromatic heterocycles. The second-order valence-electron chi connectivity index (χ2n) is 4.47. The predicted octanol–water partition coefficient (Wildman–Crippen LogP) is 1.46. The summed E-state index contributed by atoms with van der Waals surface area (Å²) in [5.41, 5.74) is 1.75. The summed E-state index contributed by atoms with van der Waals surface area (Å²) in [4.78, 5) is 11.3. The van der Waals surface area contributed by atoms with Crippen LogP contribution in [-0.2, 0) is 30.3 Å². The molecule has 0 aliphatic rings. The molecule has 0 aliphatic carbocycles. The predicted molar refractivity (Wildman–Crippen MR) is 77.8 cm³/mol. The third kappa shape index (κ3) is 7.10. The van der Waals surface area contributed by atoms with Gasteiger partial charge in [0.2, 0.25) is 0 Å². The smallest absolute Gasteiger partial charge is 0.344 e. The first-order chi connectivity index (χ1) is 9.81.